The highest BCUT2D eigenvalue weighted by atomic mass is 35.5. The second-order valence-corrected chi connectivity index (χ2v) is 4.24. The average molecular weight is 278 g/mol. The molecule has 0 aromatic heterocycles. The molecule has 0 atom stereocenters. The summed E-state index contributed by atoms with van der Waals surface area (Å²) >= 11 is 5.88. The van der Waals surface area contributed by atoms with E-state index in [-0.39, 0.29) is 0 Å². The van der Waals surface area contributed by atoms with Gasteiger partial charge < -0.3 is 15.2 Å². The van der Waals surface area contributed by atoms with Crippen molar-refractivity contribution < 1.29 is 14.3 Å². The molecule has 0 aliphatic carbocycles. The molecule has 98 valence electrons. The van der Waals surface area contributed by atoms with Gasteiger partial charge >= 0.3 is 5.97 Å². The minimum atomic E-state index is -0.489. The van der Waals surface area contributed by atoms with Gasteiger partial charge in [-0.05, 0) is 30.3 Å². The zero-order valence-electron chi connectivity index (χ0n) is 10.2. The van der Waals surface area contributed by atoms with Crippen LogP contribution in [0.25, 0.3) is 0 Å². The number of rotatable bonds is 3. The Balaban J connectivity index is 2.38. The molecule has 0 aliphatic heterocycles. The van der Waals surface area contributed by atoms with Gasteiger partial charge in [0.2, 0.25) is 0 Å². The molecule has 0 fully saturated rings. The highest BCUT2D eigenvalue weighted by molar-refractivity contribution is 6.30. The van der Waals surface area contributed by atoms with Crippen LogP contribution in [0.15, 0.2) is 42.5 Å². The van der Waals surface area contributed by atoms with Crippen LogP contribution < -0.4 is 10.5 Å². The van der Waals surface area contributed by atoms with Crippen LogP contribution in [0.3, 0.4) is 0 Å². The summed E-state index contributed by atoms with van der Waals surface area (Å²) in [6.07, 6.45) is 0. The Morgan fingerprint density at radius 3 is 2.68 bits per heavy atom. The molecule has 0 amide bonds. The van der Waals surface area contributed by atoms with Crippen molar-refractivity contribution in [3.63, 3.8) is 0 Å². The van der Waals surface area contributed by atoms with Gasteiger partial charge in [-0.25, -0.2) is 4.79 Å². The number of esters is 1. The maximum atomic E-state index is 11.6. The summed E-state index contributed by atoms with van der Waals surface area (Å²) in [6.45, 7) is 0. The fraction of sp³-hybridized carbons (Fsp3) is 0.0714. The smallest absolute Gasteiger partial charge is 0.341 e. The predicted octanol–water partition coefficient (Wildman–Crippen LogP) is 3.50. The lowest BCUT2D eigenvalue weighted by Gasteiger charge is -2.10. The Morgan fingerprint density at radius 2 is 2.00 bits per heavy atom. The number of carbonyl (C=O) groups excluding carboxylic acids is 1. The molecule has 2 rings (SSSR count). The van der Waals surface area contributed by atoms with Gasteiger partial charge in [0, 0.05) is 16.8 Å². The van der Waals surface area contributed by atoms with Crippen LogP contribution in [0.2, 0.25) is 5.02 Å². The molecule has 2 aromatic carbocycles. The quantitative estimate of drug-likeness (QED) is 0.689. The van der Waals surface area contributed by atoms with Crippen LogP contribution in [-0.2, 0) is 4.74 Å². The normalized spacial score (nSPS) is 10.0. The molecule has 4 nitrogen and oxygen atoms in total. The predicted molar refractivity (Wildman–Crippen MR) is 73.7 cm³/mol. The number of nitrogen functional groups attached to an aromatic ring is 1. The van der Waals surface area contributed by atoms with Crippen LogP contribution in [0.1, 0.15) is 10.4 Å². The van der Waals surface area contributed by atoms with Gasteiger partial charge in [0.15, 0.2) is 0 Å². The Hall–Kier alpha value is -2.20. The first-order valence-corrected chi connectivity index (χ1v) is 5.89. The Kier molecular flexibility index (Phi) is 3.92. The first-order valence-electron chi connectivity index (χ1n) is 5.51. The van der Waals surface area contributed by atoms with E-state index in [1.807, 2.05) is 0 Å². The molecule has 0 radical (unpaired) electrons. The van der Waals surface area contributed by atoms with Crippen molar-refractivity contribution in [2.45, 2.75) is 0 Å². The lowest BCUT2D eigenvalue weighted by molar-refractivity contribution is 0.0598. The number of hydrogen-bond donors (Lipinski definition) is 1. The largest absolute Gasteiger partial charge is 0.465 e. The fourth-order valence-electron chi connectivity index (χ4n) is 1.56. The van der Waals surface area contributed by atoms with E-state index in [1.54, 1.807) is 42.5 Å². The summed E-state index contributed by atoms with van der Waals surface area (Å²) in [5, 5.41) is 0.543. The van der Waals surface area contributed by atoms with Gasteiger partial charge in [-0.2, -0.15) is 0 Å². The number of hydrogen-bond acceptors (Lipinski definition) is 4. The molecular weight excluding hydrogens is 266 g/mol. The van der Waals surface area contributed by atoms with Crippen LogP contribution in [0.5, 0.6) is 11.5 Å². The summed E-state index contributed by atoms with van der Waals surface area (Å²) in [6, 6.07) is 11.6. The molecular formula is C14H12ClNO3. The average Bonchev–Trinajstić information content (AvgIpc) is 2.38. The first-order chi connectivity index (χ1) is 9.10. The third-order valence-electron chi connectivity index (χ3n) is 2.43. The number of nitrogens with two attached hydrogens (primary N) is 1. The van der Waals surface area contributed by atoms with E-state index in [1.165, 1.54) is 7.11 Å². The van der Waals surface area contributed by atoms with Gasteiger partial charge in [0.1, 0.15) is 17.1 Å². The second-order valence-electron chi connectivity index (χ2n) is 3.81. The molecule has 2 aromatic rings. The van der Waals surface area contributed by atoms with Crippen molar-refractivity contribution in [3.8, 4) is 11.5 Å². The van der Waals surface area contributed by atoms with E-state index >= 15 is 0 Å². The van der Waals surface area contributed by atoms with Gasteiger partial charge in [0.05, 0.1) is 7.11 Å². The van der Waals surface area contributed by atoms with E-state index in [9.17, 15) is 4.79 Å². The molecule has 19 heavy (non-hydrogen) atoms. The molecule has 5 heteroatoms. The van der Waals surface area contributed by atoms with Crippen molar-refractivity contribution in [2.75, 3.05) is 12.8 Å². The Bertz CT molecular complexity index is 613. The van der Waals surface area contributed by atoms with Crippen molar-refractivity contribution in [1.82, 2.24) is 0 Å². The monoisotopic (exact) mass is 277 g/mol. The maximum Gasteiger partial charge on any atom is 0.341 e. The molecule has 0 aliphatic rings. The number of methoxy groups -OCH3 is 1. The Labute approximate surface area is 115 Å². The fourth-order valence-corrected chi connectivity index (χ4v) is 1.74. The second kappa shape index (κ2) is 5.63. The molecule has 0 saturated heterocycles. The van der Waals surface area contributed by atoms with E-state index in [4.69, 9.17) is 26.8 Å². The number of halogens is 1. The van der Waals surface area contributed by atoms with Gasteiger partial charge in [-0.3, -0.25) is 0 Å². The lowest BCUT2D eigenvalue weighted by atomic mass is 10.2. The number of benzene rings is 2. The summed E-state index contributed by atoms with van der Waals surface area (Å²) in [4.78, 5) is 11.6. The van der Waals surface area contributed by atoms with Crippen LogP contribution in [0, 0.1) is 0 Å². The Morgan fingerprint density at radius 1 is 1.21 bits per heavy atom. The molecule has 0 spiro atoms. The minimum Gasteiger partial charge on any atom is -0.465 e. The molecule has 0 unspecified atom stereocenters. The molecule has 0 saturated carbocycles. The number of carbonyl (C=O) groups is 1. The zero-order valence-corrected chi connectivity index (χ0v) is 11.0. The van der Waals surface area contributed by atoms with Crippen molar-refractivity contribution >= 4 is 23.3 Å². The third-order valence-corrected chi connectivity index (χ3v) is 2.67. The zero-order chi connectivity index (χ0) is 13.8. The van der Waals surface area contributed by atoms with Crippen LogP contribution in [-0.4, -0.2) is 13.1 Å². The van der Waals surface area contributed by atoms with E-state index in [0.717, 1.165) is 0 Å². The standard InChI is InChI=1S/C14H12ClNO3/c1-18-14(17)12-6-5-10(16)8-13(12)19-11-4-2-3-9(15)7-11/h2-8H,16H2,1H3. The van der Waals surface area contributed by atoms with E-state index in [2.05, 4.69) is 0 Å². The number of ether oxygens (including phenoxy) is 2. The highest BCUT2D eigenvalue weighted by Crippen LogP contribution is 2.29. The number of anilines is 1. The minimum absolute atomic E-state index is 0.302. The van der Waals surface area contributed by atoms with Crippen molar-refractivity contribution in [1.29, 1.82) is 0 Å². The van der Waals surface area contributed by atoms with Crippen molar-refractivity contribution in [2.24, 2.45) is 0 Å². The van der Waals surface area contributed by atoms with Crippen molar-refractivity contribution in [3.05, 3.63) is 53.1 Å². The van der Waals surface area contributed by atoms with Gasteiger partial charge in [-0.1, -0.05) is 17.7 Å². The summed E-state index contributed by atoms with van der Waals surface area (Å²) < 4.78 is 10.3. The van der Waals surface area contributed by atoms with Crippen LogP contribution >= 0.6 is 11.6 Å². The SMILES string of the molecule is COC(=O)c1ccc(N)cc1Oc1cccc(Cl)c1. The van der Waals surface area contributed by atoms with E-state index in [0.29, 0.717) is 27.8 Å². The lowest BCUT2D eigenvalue weighted by Crippen LogP contribution is -2.04. The topological polar surface area (TPSA) is 61.5 Å². The molecule has 0 heterocycles. The summed E-state index contributed by atoms with van der Waals surface area (Å²) in [5.41, 5.74) is 6.49. The third kappa shape index (κ3) is 3.17. The van der Waals surface area contributed by atoms with Gasteiger partial charge in [-0.15, -0.1) is 0 Å². The summed E-state index contributed by atoms with van der Waals surface area (Å²) in [5.74, 6) is 0.356. The summed E-state index contributed by atoms with van der Waals surface area (Å²) in [7, 11) is 1.31. The van der Waals surface area contributed by atoms with Crippen LogP contribution in [0.4, 0.5) is 5.69 Å². The van der Waals surface area contributed by atoms with E-state index < -0.39 is 5.97 Å². The molecule has 2 N–H and O–H groups in total. The maximum absolute atomic E-state index is 11.6. The molecule has 0 bridgehead atoms. The first kappa shape index (κ1) is 13.2. The highest BCUT2D eigenvalue weighted by Gasteiger charge is 2.14. The van der Waals surface area contributed by atoms with Gasteiger partial charge in [0.25, 0.3) is 0 Å².